The predicted molar refractivity (Wildman–Crippen MR) is 124 cm³/mol. The molecule has 0 unspecified atom stereocenters. The summed E-state index contributed by atoms with van der Waals surface area (Å²) in [6.07, 6.45) is 3.85. The molecule has 8 heteroatoms. The second-order valence-electron chi connectivity index (χ2n) is 6.96. The summed E-state index contributed by atoms with van der Waals surface area (Å²) in [6.45, 7) is 1.53. The number of halogens is 1. The lowest BCUT2D eigenvalue weighted by molar-refractivity contribution is 0.0601. The number of nitrogens with zero attached hydrogens (tertiary/aromatic N) is 2. The van der Waals surface area contributed by atoms with Crippen molar-refractivity contribution in [3.05, 3.63) is 77.6 Å². The number of para-hydroxylation sites is 1. The van der Waals surface area contributed by atoms with Gasteiger partial charge in [0.15, 0.2) is 5.11 Å². The number of hydrogen-bond acceptors (Lipinski definition) is 4. The van der Waals surface area contributed by atoms with E-state index in [2.05, 4.69) is 15.5 Å². The van der Waals surface area contributed by atoms with E-state index >= 15 is 0 Å². The first-order chi connectivity index (χ1) is 14.5. The summed E-state index contributed by atoms with van der Waals surface area (Å²) in [4.78, 5) is 14.5. The van der Waals surface area contributed by atoms with Crippen molar-refractivity contribution < 1.29 is 9.53 Å². The van der Waals surface area contributed by atoms with Gasteiger partial charge < -0.3 is 24.8 Å². The van der Waals surface area contributed by atoms with Crippen molar-refractivity contribution in [1.29, 1.82) is 0 Å². The zero-order chi connectivity index (χ0) is 21.1. The molecular formula is C22H21ClN4O2S. The number of carbonyl (C=O) groups excluding carboxylic acids is 1. The van der Waals surface area contributed by atoms with E-state index in [1.54, 1.807) is 6.07 Å². The third-order valence-corrected chi connectivity index (χ3v) is 5.41. The number of hydrogen-bond donors (Lipinski definition) is 2. The monoisotopic (exact) mass is 440 g/mol. The fourth-order valence-corrected chi connectivity index (χ4v) is 3.88. The highest BCUT2D eigenvalue weighted by Gasteiger charge is 2.30. The Morgan fingerprint density at radius 3 is 2.47 bits per heavy atom. The average molecular weight is 441 g/mol. The van der Waals surface area contributed by atoms with Crippen molar-refractivity contribution in [3.63, 3.8) is 0 Å². The van der Waals surface area contributed by atoms with Crippen molar-refractivity contribution in [2.75, 3.05) is 30.4 Å². The Balaban J connectivity index is 1.45. The van der Waals surface area contributed by atoms with Crippen LogP contribution in [0.15, 0.2) is 67.0 Å². The molecular weight excluding hydrogens is 420 g/mol. The minimum atomic E-state index is -0.357. The lowest BCUT2D eigenvalue weighted by Crippen LogP contribution is -2.60. The van der Waals surface area contributed by atoms with E-state index in [1.807, 2.05) is 65.5 Å². The number of carbonyl (C=O) groups is 1. The van der Waals surface area contributed by atoms with Crippen LogP contribution in [0.3, 0.4) is 0 Å². The maximum atomic E-state index is 12.3. The van der Waals surface area contributed by atoms with Crippen LogP contribution in [0.2, 0.25) is 5.02 Å². The molecule has 2 N–H and O–H groups in total. The fourth-order valence-electron chi connectivity index (χ4n) is 3.47. The molecule has 0 radical (unpaired) electrons. The zero-order valence-corrected chi connectivity index (χ0v) is 17.9. The molecule has 2 heterocycles. The highest BCUT2D eigenvalue weighted by molar-refractivity contribution is 7.80. The number of rotatable bonds is 5. The van der Waals surface area contributed by atoms with Crippen molar-refractivity contribution in [1.82, 2.24) is 9.88 Å². The van der Waals surface area contributed by atoms with E-state index in [-0.39, 0.29) is 12.0 Å². The van der Waals surface area contributed by atoms with E-state index in [0.29, 0.717) is 15.7 Å². The van der Waals surface area contributed by atoms with Gasteiger partial charge in [0.1, 0.15) is 0 Å². The fraction of sp³-hybridized carbons (Fsp3) is 0.182. The molecule has 0 saturated carbocycles. The van der Waals surface area contributed by atoms with Gasteiger partial charge >= 0.3 is 5.97 Å². The Kier molecular flexibility index (Phi) is 5.92. The van der Waals surface area contributed by atoms with E-state index in [4.69, 9.17) is 28.6 Å². The Morgan fingerprint density at radius 2 is 1.80 bits per heavy atom. The molecule has 154 valence electrons. The number of ether oxygens (including phenoxy) is 1. The quantitative estimate of drug-likeness (QED) is 0.460. The number of nitrogens with one attached hydrogen (secondary N) is 2. The van der Waals surface area contributed by atoms with Gasteiger partial charge in [-0.1, -0.05) is 17.7 Å². The number of methoxy groups -OCH3 is 1. The minimum absolute atomic E-state index is 0.205. The van der Waals surface area contributed by atoms with Crippen LogP contribution in [0.4, 0.5) is 11.4 Å². The molecule has 0 bridgehead atoms. The second-order valence-corrected chi connectivity index (χ2v) is 7.81. The highest BCUT2D eigenvalue weighted by Crippen LogP contribution is 2.32. The topological polar surface area (TPSA) is 58.5 Å². The van der Waals surface area contributed by atoms with Gasteiger partial charge in [-0.2, -0.15) is 0 Å². The van der Waals surface area contributed by atoms with Crippen LogP contribution < -0.4 is 15.5 Å². The predicted octanol–water partition coefficient (Wildman–Crippen LogP) is 4.09. The van der Waals surface area contributed by atoms with Crippen LogP contribution in [-0.4, -0.2) is 41.9 Å². The van der Waals surface area contributed by atoms with Crippen LogP contribution in [0.5, 0.6) is 0 Å². The first kappa shape index (κ1) is 20.3. The number of benzene rings is 2. The molecule has 2 aromatic carbocycles. The number of thiocarbonyl (C=S) groups is 1. The van der Waals surface area contributed by atoms with E-state index in [9.17, 15) is 4.79 Å². The largest absolute Gasteiger partial charge is 0.465 e. The normalized spacial score (nSPS) is 13.5. The van der Waals surface area contributed by atoms with Crippen LogP contribution in [0.25, 0.3) is 5.69 Å². The van der Waals surface area contributed by atoms with Crippen LogP contribution >= 0.6 is 23.8 Å². The van der Waals surface area contributed by atoms with Gasteiger partial charge in [0.25, 0.3) is 0 Å². The first-order valence-corrected chi connectivity index (χ1v) is 10.3. The van der Waals surface area contributed by atoms with E-state index in [1.165, 1.54) is 7.11 Å². The van der Waals surface area contributed by atoms with Crippen LogP contribution in [-0.2, 0) is 4.74 Å². The number of esters is 1. The number of anilines is 2. The molecule has 0 spiro atoms. The van der Waals surface area contributed by atoms with Crippen molar-refractivity contribution in [3.8, 4) is 5.69 Å². The summed E-state index contributed by atoms with van der Waals surface area (Å²) < 4.78 is 6.92. The zero-order valence-electron chi connectivity index (χ0n) is 16.3. The lowest BCUT2D eigenvalue weighted by atomic mass is 10.0. The van der Waals surface area contributed by atoms with Crippen molar-refractivity contribution >= 4 is 46.3 Å². The minimum Gasteiger partial charge on any atom is -0.465 e. The molecule has 1 aromatic heterocycles. The standard InChI is InChI=1S/C22H21ClN4O2S/c1-29-21(28)18-5-4-6-19(20(18)26-11-2-3-12-26)27-13-17(14-27)25-22(30)24-16-9-7-15(23)8-10-16/h2-12,17H,13-14H2,1H3,(H2,24,25,30). The van der Waals surface area contributed by atoms with Gasteiger partial charge in [-0.05, 0) is 60.7 Å². The van der Waals surface area contributed by atoms with Gasteiger partial charge in [-0.15, -0.1) is 0 Å². The molecule has 1 aliphatic rings. The molecule has 3 aromatic rings. The average Bonchev–Trinajstić information content (AvgIpc) is 3.25. The van der Waals surface area contributed by atoms with Crippen LogP contribution in [0.1, 0.15) is 10.4 Å². The molecule has 4 rings (SSSR count). The van der Waals surface area contributed by atoms with Gasteiger partial charge in [0.2, 0.25) is 0 Å². The van der Waals surface area contributed by atoms with Crippen molar-refractivity contribution in [2.45, 2.75) is 6.04 Å². The molecule has 1 fully saturated rings. The third kappa shape index (κ3) is 4.27. The van der Waals surface area contributed by atoms with Gasteiger partial charge in [-0.3, -0.25) is 0 Å². The van der Waals surface area contributed by atoms with Gasteiger partial charge in [-0.25, -0.2) is 4.79 Å². The van der Waals surface area contributed by atoms with E-state index < -0.39 is 0 Å². The molecule has 0 aliphatic carbocycles. The lowest BCUT2D eigenvalue weighted by Gasteiger charge is -2.42. The summed E-state index contributed by atoms with van der Waals surface area (Å²) >= 11 is 11.3. The summed E-state index contributed by atoms with van der Waals surface area (Å²) in [7, 11) is 1.40. The summed E-state index contributed by atoms with van der Waals surface area (Å²) in [5.41, 5.74) is 3.20. The van der Waals surface area contributed by atoms with Gasteiger partial charge in [0, 0.05) is 36.2 Å². The Bertz CT molecular complexity index is 1050. The first-order valence-electron chi connectivity index (χ1n) is 9.48. The van der Waals surface area contributed by atoms with Crippen molar-refractivity contribution in [2.24, 2.45) is 0 Å². The summed E-state index contributed by atoms with van der Waals surface area (Å²) in [6, 6.07) is 17.1. The molecule has 1 saturated heterocycles. The molecule has 0 atom stereocenters. The smallest absolute Gasteiger partial charge is 0.340 e. The Hall–Kier alpha value is -3.03. The maximum Gasteiger partial charge on any atom is 0.340 e. The molecule has 1 aliphatic heterocycles. The van der Waals surface area contributed by atoms with E-state index in [0.717, 1.165) is 30.2 Å². The van der Waals surface area contributed by atoms with Crippen LogP contribution in [0, 0.1) is 0 Å². The molecule has 6 nitrogen and oxygen atoms in total. The van der Waals surface area contributed by atoms with Gasteiger partial charge in [0.05, 0.1) is 30.1 Å². The number of aromatic nitrogens is 1. The Morgan fingerprint density at radius 1 is 1.10 bits per heavy atom. The molecule has 30 heavy (non-hydrogen) atoms. The summed E-state index contributed by atoms with van der Waals surface area (Å²) in [5, 5.41) is 7.74. The third-order valence-electron chi connectivity index (χ3n) is 4.94. The maximum absolute atomic E-state index is 12.3. The summed E-state index contributed by atoms with van der Waals surface area (Å²) in [5.74, 6) is -0.357. The highest BCUT2D eigenvalue weighted by atomic mass is 35.5. The SMILES string of the molecule is COC(=O)c1cccc(N2CC(NC(=S)Nc3ccc(Cl)cc3)C2)c1-n1cccc1. The second kappa shape index (κ2) is 8.77. The molecule has 0 amide bonds. The Labute approximate surface area is 185 Å².